The molecule has 6 nitrogen and oxygen atoms in total. The predicted molar refractivity (Wildman–Crippen MR) is 120 cm³/mol. The SMILES string of the molecule is Cc1nn([C@H]2CCS(=O)(=O)C2)c(C)c1CN(C)C(=O)/C=C/c1ccc(C(C)C)cc1. The normalized spacial score (nSPS) is 18.4. The summed E-state index contributed by atoms with van der Waals surface area (Å²) >= 11 is 0. The number of aryl methyl sites for hydroxylation is 1. The van der Waals surface area contributed by atoms with Crippen molar-refractivity contribution in [2.45, 2.75) is 52.6 Å². The van der Waals surface area contributed by atoms with Crippen LogP contribution in [0.25, 0.3) is 6.08 Å². The molecule has 1 aromatic carbocycles. The van der Waals surface area contributed by atoms with Crippen LogP contribution in [0.1, 0.15) is 60.3 Å². The van der Waals surface area contributed by atoms with Crippen LogP contribution in [0.2, 0.25) is 0 Å². The van der Waals surface area contributed by atoms with Crippen molar-refractivity contribution in [1.29, 1.82) is 0 Å². The van der Waals surface area contributed by atoms with Crippen molar-refractivity contribution >= 4 is 21.8 Å². The average molecular weight is 430 g/mol. The predicted octanol–water partition coefficient (Wildman–Crippen LogP) is 3.65. The Morgan fingerprint density at radius 1 is 1.27 bits per heavy atom. The molecule has 1 fully saturated rings. The number of benzene rings is 1. The molecule has 7 heteroatoms. The van der Waals surface area contributed by atoms with Gasteiger partial charge < -0.3 is 4.90 Å². The summed E-state index contributed by atoms with van der Waals surface area (Å²) in [5.41, 5.74) is 5.01. The van der Waals surface area contributed by atoms with Crippen LogP contribution < -0.4 is 0 Å². The number of hydrogen-bond donors (Lipinski definition) is 0. The Morgan fingerprint density at radius 3 is 2.50 bits per heavy atom. The molecule has 0 bridgehead atoms. The fraction of sp³-hybridized carbons (Fsp3) is 0.478. The number of carbonyl (C=O) groups excluding carboxylic acids is 1. The lowest BCUT2D eigenvalue weighted by Gasteiger charge is -2.16. The highest BCUT2D eigenvalue weighted by molar-refractivity contribution is 7.91. The van der Waals surface area contributed by atoms with Crippen molar-refractivity contribution in [1.82, 2.24) is 14.7 Å². The molecule has 1 amide bonds. The van der Waals surface area contributed by atoms with E-state index in [-0.39, 0.29) is 23.5 Å². The van der Waals surface area contributed by atoms with Crippen molar-refractivity contribution in [3.05, 3.63) is 58.4 Å². The zero-order chi connectivity index (χ0) is 22.1. The highest BCUT2D eigenvalue weighted by Gasteiger charge is 2.31. The van der Waals surface area contributed by atoms with Crippen LogP contribution >= 0.6 is 0 Å². The van der Waals surface area contributed by atoms with Gasteiger partial charge in [-0.3, -0.25) is 9.48 Å². The topological polar surface area (TPSA) is 72.3 Å². The Hall–Kier alpha value is -2.41. The molecule has 30 heavy (non-hydrogen) atoms. The smallest absolute Gasteiger partial charge is 0.246 e. The van der Waals surface area contributed by atoms with Gasteiger partial charge in [-0.05, 0) is 43.4 Å². The van der Waals surface area contributed by atoms with Gasteiger partial charge in [-0.15, -0.1) is 0 Å². The molecule has 0 aliphatic carbocycles. The van der Waals surface area contributed by atoms with Gasteiger partial charge in [-0.2, -0.15) is 5.10 Å². The summed E-state index contributed by atoms with van der Waals surface area (Å²) in [7, 11) is -1.21. The van der Waals surface area contributed by atoms with Crippen molar-refractivity contribution in [3.63, 3.8) is 0 Å². The van der Waals surface area contributed by atoms with Crippen LogP contribution in [-0.4, -0.2) is 47.6 Å². The largest absolute Gasteiger partial charge is 0.338 e. The maximum atomic E-state index is 12.6. The first kappa shape index (κ1) is 22.3. The average Bonchev–Trinajstić information content (AvgIpc) is 3.19. The summed E-state index contributed by atoms with van der Waals surface area (Å²) in [6.07, 6.45) is 4.01. The second kappa shape index (κ2) is 8.76. The van der Waals surface area contributed by atoms with Crippen LogP contribution in [-0.2, 0) is 21.2 Å². The second-order valence-corrected chi connectivity index (χ2v) is 10.7. The van der Waals surface area contributed by atoms with Crippen molar-refractivity contribution in [2.24, 2.45) is 0 Å². The summed E-state index contributed by atoms with van der Waals surface area (Å²) < 4.78 is 25.5. The van der Waals surface area contributed by atoms with E-state index in [0.717, 1.165) is 22.5 Å². The number of nitrogens with zero attached hydrogens (tertiary/aromatic N) is 3. The summed E-state index contributed by atoms with van der Waals surface area (Å²) in [5, 5.41) is 4.58. The standard InChI is InChI=1S/C23H31N3O3S/c1-16(2)20-9-6-19(7-10-20)8-11-23(27)25(5)14-22-17(3)24-26(18(22)4)21-12-13-30(28,29)15-21/h6-11,16,21H,12-15H2,1-5H3/b11-8+/t21-/m0/s1. The first-order valence-electron chi connectivity index (χ1n) is 10.4. The highest BCUT2D eigenvalue weighted by atomic mass is 32.2. The van der Waals surface area contributed by atoms with E-state index in [1.807, 2.05) is 36.7 Å². The molecule has 0 saturated carbocycles. The molecule has 1 atom stereocenters. The Bertz CT molecular complexity index is 1050. The number of amides is 1. The summed E-state index contributed by atoms with van der Waals surface area (Å²) in [5.74, 6) is 0.749. The number of sulfone groups is 1. The van der Waals surface area contributed by atoms with E-state index in [9.17, 15) is 13.2 Å². The quantitative estimate of drug-likeness (QED) is 0.657. The van der Waals surface area contributed by atoms with E-state index >= 15 is 0 Å². The lowest BCUT2D eigenvalue weighted by molar-refractivity contribution is -0.125. The van der Waals surface area contributed by atoms with Crippen LogP contribution in [0.15, 0.2) is 30.3 Å². The molecule has 3 rings (SSSR count). The molecule has 2 aromatic rings. The van der Waals surface area contributed by atoms with E-state index in [2.05, 4.69) is 31.1 Å². The molecule has 0 radical (unpaired) electrons. The molecule has 0 spiro atoms. The van der Waals surface area contributed by atoms with Gasteiger partial charge >= 0.3 is 0 Å². The lowest BCUT2D eigenvalue weighted by atomic mass is 10.0. The van der Waals surface area contributed by atoms with E-state index in [4.69, 9.17) is 0 Å². The van der Waals surface area contributed by atoms with Crippen molar-refractivity contribution in [2.75, 3.05) is 18.6 Å². The van der Waals surface area contributed by atoms with Crippen molar-refractivity contribution in [3.8, 4) is 0 Å². The third-order valence-electron chi connectivity index (χ3n) is 5.82. The van der Waals surface area contributed by atoms with Crippen molar-refractivity contribution < 1.29 is 13.2 Å². The van der Waals surface area contributed by atoms with Crippen LogP contribution in [0.3, 0.4) is 0 Å². The summed E-state index contributed by atoms with van der Waals surface area (Å²) in [4.78, 5) is 14.3. The van der Waals surface area contributed by atoms with E-state index < -0.39 is 9.84 Å². The minimum absolute atomic E-state index is 0.0852. The Labute approximate surface area is 179 Å². The number of carbonyl (C=O) groups is 1. The third-order valence-corrected chi connectivity index (χ3v) is 7.57. The minimum atomic E-state index is -2.98. The van der Waals surface area contributed by atoms with Gasteiger partial charge in [-0.1, -0.05) is 38.1 Å². The molecular weight excluding hydrogens is 398 g/mol. The molecule has 1 aliphatic rings. The monoisotopic (exact) mass is 429 g/mol. The van der Waals surface area contributed by atoms with E-state index in [1.54, 1.807) is 18.0 Å². The van der Waals surface area contributed by atoms with Gasteiger partial charge in [0.15, 0.2) is 9.84 Å². The first-order valence-corrected chi connectivity index (χ1v) is 12.2. The van der Waals surface area contributed by atoms with Gasteiger partial charge in [0.1, 0.15) is 0 Å². The molecule has 1 saturated heterocycles. The summed E-state index contributed by atoms with van der Waals surface area (Å²) in [6, 6.07) is 8.10. The number of rotatable bonds is 6. The lowest BCUT2D eigenvalue weighted by Crippen LogP contribution is -2.24. The molecule has 1 aromatic heterocycles. The van der Waals surface area contributed by atoms with Gasteiger partial charge in [0.2, 0.25) is 5.91 Å². The number of aromatic nitrogens is 2. The van der Waals surface area contributed by atoms with Gasteiger partial charge in [-0.25, -0.2) is 8.42 Å². The van der Waals surface area contributed by atoms with Crippen LogP contribution in [0, 0.1) is 13.8 Å². The fourth-order valence-electron chi connectivity index (χ4n) is 3.85. The number of hydrogen-bond acceptors (Lipinski definition) is 4. The Morgan fingerprint density at radius 2 is 1.93 bits per heavy atom. The van der Waals surface area contributed by atoms with E-state index in [1.165, 1.54) is 5.56 Å². The zero-order valence-electron chi connectivity index (χ0n) is 18.4. The number of likely N-dealkylation sites (N-methyl/N-ethyl adjacent to an activating group) is 1. The molecule has 0 unspecified atom stereocenters. The Kier molecular flexibility index (Phi) is 6.50. The van der Waals surface area contributed by atoms with Crippen LogP contribution in [0.5, 0.6) is 0 Å². The molecule has 1 aliphatic heterocycles. The van der Waals surface area contributed by atoms with E-state index in [0.29, 0.717) is 18.9 Å². The van der Waals surface area contributed by atoms with Gasteiger partial charge in [0.05, 0.1) is 23.2 Å². The summed E-state index contributed by atoms with van der Waals surface area (Å²) in [6.45, 7) is 8.60. The maximum Gasteiger partial charge on any atom is 0.246 e. The third kappa shape index (κ3) is 5.01. The fourth-order valence-corrected chi connectivity index (χ4v) is 5.54. The Balaban J connectivity index is 1.68. The molecule has 2 heterocycles. The highest BCUT2D eigenvalue weighted by Crippen LogP contribution is 2.27. The van der Waals surface area contributed by atoms with Gasteiger partial charge in [0, 0.05) is 30.9 Å². The molecule has 0 N–H and O–H groups in total. The molecule has 162 valence electrons. The zero-order valence-corrected chi connectivity index (χ0v) is 19.2. The van der Waals surface area contributed by atoms with Crippen LogP contribution in [0.4, 0.5) is 0 Å². The second-order valence-electron chi connectivity index (χ2n) is 8.50. The van der Waals surface area contributed by atoms with Gasteiger partial charge in [0.25, 0.3) is 0 Å². The molecular formula is C23H31N3O3S. The maximum absolute atomic E-state index is 12.6. The minimum Gasteiger partial charge on any atom is -0.338 e. The first-order chi connectivity index (χ1) is 14.1.